The second-order valence-electron chi connectivity index (χ2n) is 5.68. The first-order valence-corrected chi connectivity index (χ1v) is 7.60. The highest BCUT2D eigenvalue weighted by molar-refractivity contribution is 5.75. The molecular formula is C20H20O4. The fraction of sp³-hybridized carbons (Fsp3) is 0.200. The van der Waals surface area contributed by atoms with E-state index >= 15 is 0 Å². The monoisotopic (exact) mass is 324 g/mol. The Balaban J connectivity index is 2.34. The van der Waals surface area contributed by atoms with Crippen molar-refractivity contribution in [3.05, 3.63) is 58.7 Å². The number of carbonyl (C=O) groups is 2. The van der Waals surface area contributed by atoms with E-state index in [4.69, 9.17) is 9.47 Å². The van der Waals surface area contributed by atoms with E-state index in [0.717, 1.165) is 11.1 Å². The van der Waals surface area contributed by atoms with Crippen molar-refractivity contribution in [3.63, 3.8) is 0 Å². The van der Waals surface area contributed by atoms with Crippen LogP contribution in [0, 0.1) is 13.8 Å². The van der Waals surface area contributed by atoms with Gasteiger partial charge in [-0.2, -0.15) is 0 Å². The molecule has 0 saturated heterocycles. The zero-order chi connectivity index (χ0) is 17.7. The van der Waals surface area contributed by atoms with Crippen LogP contribution in [-0.2, 0) is 9.59 Å². The molecule has 0 heterocycles. The Kier molecular flexibility index (Phi) is 5.53. The maximum absolute atomic E-state index is 11.2. The van der Waals surface area contributed by atoms with Gasteiger partial charge in [0.2, 0.25) is 0 Å². The molecule has 0 radical (unpaired) electrons. The average Bonchev–Trinajstić information content (AvgIpc) is 2.42. The molecule has 0 saturated carbocycles. The van der Waals surface area contributed by atoms with Gasteiger partial charge in [0.25, 0.3) is 0 Å². The number of carbonyl (C=O) groups excluding carboxylic acids is 2. The summed E-state index contributed by atoms with van der Waals surface area (Å²) in [7, 11) is 0. The molecule has 0 fully saturated rings. The maximum atomic E-state index is 11.2. The van der Waals surface area contributed by atoms with Crippen molar-refractivity contribution in [3.8, 4) is 11.5 Å². The molecule has 0 aliphatic heterocycles. The molecule has 2 aromatic carbocycles. The van der Waals surface area contributed by atoms with E-state index in [9.17, 15) is 9.59 Å². The molecule has 0 atom stereocenters. The second-order valence-corrected chi connectivity index (χ2v) is 5.68. The SMILES string of the molecule is CC(=O)Oc1cc(/C=C/c2cc(C)cc(C)c2)cc(OC(C)=O)c1. The van der Waals surface area contributed by atoms with Gasteiger partial charge in [0.15, 0.2) is 0 Å². The first-order chi connectivity index (χ1) is 11.3. The highest BCUT2D eigenvalue weighted by Crippen LogP contribution is 2.25. The quantitative estimate of drug-likeness (QED) is 0.477. The lowest BCUT2D eigenvalue weighted by Gasteiger charge is -2.07. The zero-order valence-electron chi connectivity index (χ0n) is 14.3. The van der Waals surface area contributed by atoms with Crippen molar-refractivity contribution >= 4 is 24.1 Å². The lowest BCUT2D eigenvalue weighted by Crippen LogP contribution is -2.04. The fourth-order valence-electron chi connectivity index (χ4n) is 2.44. The largest absolute Gasteiger partial charge is 0.427 e. The molecule has 0 N–H and O–H groups in total. The van der Waals surface area contributed by atoms with Gasteiger partial charge in [0.05, 0.1) is 0 Å². The fourth-order valence-corrected chi connectivity index (χ4v) is 2.44. The van der Waals surface area contributed by atoms with Crippen LogP contribution < -0.4 is 9.47 Å². The van der Waals surface area contributed by atoms with Gasteiger partial charge >= 0.3 is 11.9 Å². The Labute approximate surface area is 141 Å². The molecular weight excluding hydrogens is 304 g/mol. The molecule has 124 valence electrons. The van der Waals surface area contributed by atoms with Crippen molar-refractivity contribution in [1.29, 1.82) is 0 Å². The molecule has 0 amide bonds. The Morgan fingerprint density at radius 3 is 1.54 bits per heavy atom. The first kappa shape index (κ1) is 17.5. The van der Waals surface area contributed by atoms with Crippen LogP contribution >= 0.6 is 0 Å². The van der Waals surface area contributed by atoms with Gasteiger partial charge in [-0.05, 0) is 37.1 Å². The van der Waals surface area contributed by atoms with Gasteiger partial charge in [-0.1, -0.05) is 41.5 Å². The van der Waals surface area contributed by atoms with Crippen LogP contribution in [0.15, 0.2) is 36.4 Å². The number of benzene rings is 2. The molecule has 0 aromatic heterocycles. The van der Waals surface area contributed by atoms with Crippen molar-refractivity contribution in [2.24, 2.45) is 0 Å². The van der Waals surface area contributed by atoms with Gasteiger partial charge in [0, 0.05) is 19.9 Å². The Morgan fingerprint density at radius 1 is 0.708 bits per heavy atom. The third-order valence-electron chi connectivity index (χ3n) is 3.14. The summed E-state index contributed by atoms with van der Waals surface area (Å²) in [5.74, 6) is -0.193. The maximum Gasteiger partial charge on any atom is 0.308 e. The number of aryl methyl sites for hydroxylation is 2. The summed E-state index contributed by atoms with van der Waals surface area (Å²) in [6.07, 6.45) is 3.85. The molecule has 4 heteroatoms. The van der Waals surface area contributed by atoms with E-state index in [-0.39, 0.29) is 0 Å². The predicted molar refractivity (Wildman–Crippen MR) is 93.9 cm³/mol. The number of hydrogen-bond acceptors (Lipinski definition) is 4. The van der Waals surface area contributed by atoms with Crippen molar-refractivity contribution < 1.29 is 19.1 Å². The van der Waals surface area contributed by atoms with Crippen LogP contribution in [-0.4, -0.2) is 11.9 Å². The normalized spacial score (nSPS) is 10.7. The minimum atomic E-state index is -0.431. The lowest BCUT2D eigenvalue weighted by molar-refractivity contribution is -0.132. The van der Waals surface area contributed by atoms with Gasteiger partial charge in [-0.3, -0.25) is 9.59 Å². The van der Waals surface area contributed by atoms with E-state index < -0.39 is 11.9 Å². The number of rotatable bonds is 4. The average molecular weight is 324 g/mol. The third kappa shape index (κ3) is 5.39. The summed E-state index contributed by atoms with van der Waals surface area (Å²) in [4.78, 5) is 22.3. The van der Waals surface area contributed by atoms with Gasteiger partial charge in [0.1, 0.15) is 11.5 Å². The standard InChI is InChI=1S/C20H20O4/c1-13-7-14(2)9-17(8-13)5-6-18-10-19(23-15(3)21)12-20(11-18)24-16(4)22/h5-12H,1-4H3/b6-5+. The number of esters is 2. The highest BCUT2D eigenvalue weighted by atomic mass is 16.5. The highest BCUT2D eigenvalue weighted by Gasteiger charge is 2.06. The van der Waals surface area contributed by atoms with Crippen LogP contribution in [0.5, 0.6) is 11.5 Å². The van der Waals surface area contributed by atoms with Crippen LogP contribution in [0.25, 0.3) is 12.2 Å². The molecule has 4 nitrogen and oxygen atoms in total. The number of hydrogen-bond donors (Lipinski definition) is 0. The van der Waals surface area contributed by atoms with E-state index in [0.29, 0.717) is 11.5 Å². The third-order valence-corrected chi connectivity index (χ3v) is 3.14. The van der Waals surface area contributed by atoms with Gasteiger partial charge < -0.3 is 9.47 Å². The molecule has 2 aromatic rings. The number of ether oxygens (including phenoxy) is 2. The summed E-state index contributed by atoms with van der Waals surface area (Å²) < 4.78 is 10.2. The summed E-state index contributed by atoms with van der Waals surface area (Å²) >= 11 is 0. The van der Waals surface area contributed by atoms with Gasteiger partial charge in [-0.25, -0.2) is 0 Å². The minimum Gasteiger partial charge on any atom is -0.427 e. The van der Waals surface area contributed by atoms with E-state index in [2.05, 4.69) is 18.2 Å². The van der Waals surface area contributed by atoms with Crippen molar-refractivity contribution in [2.45, 2.75) is 27.7 Å². The molecule has 2 rings (SSSR count). The van der Waals surface area contributed by atoms with E-state index in [1.807, 2.05) is 26.0 Å². The molecule has 24 heavy (non-hydrogen) atoms. The Hall–Kier alpha value is -2.88. The Morgan fingerprint density at radius 2 is 1.12 bits per heavy atom. The predicted octanol–water partition coefficient (Wildman–Crippen LogP) is 4.32. The van der Waals surface area contributed by atoms with Crippen LogP contribution in [0.2, 0.25) is 0 Å². The summed E-state index contributed by atoms with van der Waals surface area (Å²) in [6.45, 7) is 6.74. The summed E-state index contributed by atoms with van der Waals surface area (Å²) in [5.41, 5.74) is 4.21. The second kappa shape index (κ2) is 7.59. The van der Waals surface area contributed by atoms with Crippen molar-refractivity contribution in [1.82, 2.24) is 0 Å². The van der Waals surface area contributed by atoms with Gasteiger partial charge in [-0.15, -0.1) is 0 Å². The molecule has 0 spiro atoms. The van der Waals surface area contributed by atoms with E-state index in [1.54, 1.807) is 12.1 Å². The molecule has 0 unspecified atom stereocenters. The first-order valence-electron chi connectivity index (χ1n) is 7.60. The molecule has 0 bridgehead atoms. The van der Waals surface area contributed by atoms with Crippen LogP contribution in [0.4, 0.5) is 0 Å². The van der Waals surface area contributed by atoms with E-state index in [1.165, 1.54) is 31.0 Å². The topological polar surface area (TPSA) is 52.6 Å². The summed E-state index contributed by atoms with van der Waals surface area (Å²) in [6, 6.07) is 11.2. The lowest BCUT2D eigenvalue weighted by atomic mass is 10.1. The van der Waals surface area contributed by atoms with Crippen LogP contribution in [0.3, 0.4) is 0 Å². The smallest absolute Gasteiger partial charge is 0.308 e. The zero-order valence-corrected chi connectivity index (χ0v) is 14.3. The summed E-state index contributed by atoms with van der Waals surface area (Å²) in [5, 5.41) is 0. The molecule has 0 aliphatic carbocycles. The Bertz CT molecular complexity index is 749. The molecule has 0 aliphatic rings. The minimum absolute atomic E-state index is 0.335. The van der Waals surface area contributed by atoms with Crippen LogP contribution in [0.1, 0.15) is 36.1 Å². The van der Waals surface area contributed by atoms with Crippen molar-refractivity contribution in [2.75, 3.05) is 0 Å².